The van der Waals surface area contributed by atoms with E-state index in [0.717, 1.165) is 4.31 Å². The Bertz CT molecular complexity index is 1770. The molecule has 0 aliphatic rings. The van der Waals surface area contributed by atoms with E-state index in [0.29, 0.717) is 21.6 Å². The van der Waals surface area contributed by atoms with Gasteiger partial charge in [-0.15, -0.1) is 0 Å². The van der Waals surface area contributed by atoms with Gasteiger partial charge in [0.05, 0.1) is 17.2 Å². The lowest BCUT2D eigenvalue weighted by molar-refractivity contribution is 0.0528. The average molecular weight is 560 g/mol. The van der Waals surface area contributed by atoms with E-state index < -0.39 is 21.9 Å². The first kappa shape index (κ1) is 26.2. The Labute approximate surface area is 230 Å². The lowest BCUT2D eigenvalue weighted by atomic mass is 10.1. The van der Waals surface area contributed by atoms with E-state index in [1.807, 2.05) is 18.2 Å². The molecule has 0 saturated heterocycles. The quantitative estimate of drug-likeness (QED) is 0.200. The predicted molar refractivity (Wildman–Crippen MR) is 149 cm³/mol. The highest BCUT2D eigenvalue weighted by Crippen LogP contribution is 2.37. The SMILES string of the molecule is CCOC(=O)c1c(-c2ccccc2)oc2ccc(N(C(=O)c3ccc(Cl)cc3)S(=O)(=O)c3ccccc3)cc12. The molecule has 0 bridgehead atoms. The summed E-state index contributed by atoms with van der Waals surface area (Å²) >= 11 is 5.99. The molecule has 0 saturated carbocycles. The fourth-order valence-corrected chi connectivity index (χ4v) is 5.74. The minimum Gasteiger partial charge on any atom is -0.462 e. The Kier molecular flexibility index (Phi) is 7.24. The van der Waals surface area contributed by atoms with E-state index in [4.69, 9.17) is 20.8 Å². The van der Waals surface area contributed by atoms with E-state index in [-0.39, 0.29) is 34.1 Å². The van der Waals surface area contributed by atoms with Crippen LogP contribution >= 0.6 is 11.6 Å². The summed E-state index contributed by atoms with van der Waals surface area (Å²) in [5.41, 5.74) is 1.25. The first-order valence-corrected chi connectivity index (χ1v) is 13.8. The second-order valence-corrected chi connectivity index (χ2v) is 10.7. The highest BCUT2D eigenvalue weighted by molar-refractivity contribution is 7.93. The Balaban J connectivity index is 1.74. The van der Waals surface area contributed by atoms with Crippen molar-refractivity contribution in [3.05, 3.63) is 119 Å². The number of ether oxygens (including phenoxy) is 1. The maximum absolute atomic E-state index is 13.9. The van der Waals surface area contributed by atoms with Crippen molar-refractivity contribution in [2.75, 3.05) is 10.9 Å². The van der Waals surface area contributed by atoms with Gasteiger partial charge in [-0.05, 0) is 61.5 Å². The molecule has 5 rings (SSSR count). The van der Waals surface area contributed by atoms with Gasteiger partial charge in [0.2, 0.25) is 0 Å². The third kappa shape index (κ3) is 5.04. The third-order valence-corrected chi connectivity index (χ3v) is 7.96. The molecule has 1 heterocycles. The lowest BCUT2D eigenvalue weighted by Gasteiger charge is -2.23. The highest BCUT2D eigenvalue weighted by Gasteiger charge is 2.33. The number of rotatable bonds is 7. The molecule has 196 valence electrons. The van der Waals surface area contributed by atoms with E-state index in [1.165, 1.54) is 54.6 Å². The van der Waals surface area contributed by atoms with Crippen molar-refractivity contribution in [3.8, 4) is 11.3 Å². The first-order chi connectivity index (χ1) is 18.8. The van der Waals surface area contributed by atoms with Gasteiger partial charge in [-0.2, -0.15) is 4.31 Å². The molecule has 9 heteroatoms. The van der Waals surface area contributed by atoms with Crippen LogP contribution in [0.25, 0.3) is 22.3 Å². The topological polar surface area (TPSA) is 93.9 Å². The molecule has 0 aliphatic carbocycles. The zero-order valence-corrected chi connectivity index (χ0v) is 22.3. The lowest BCUT2D eigenvalue weighted by Crippen LogP contribution is -2.37. The van der Waals surface area contributed by atoms with Gasteiger partial charge in [-0.1, -0.05) is 60.1 Å². The van der Waals surface area contributed by atoms with E-state index in [2.05, 4.69) is 0 Å². The number of nitrogens with zero attached hydrogens (tertiary/aromatic N) is 1. The van der Waals surface area contributed by atoms with Crippen molar-refractivity contribution in [1.29, 1.82) is 0 Å². The summed E-state index contributed by atoms with van der Waals surface area (Å²) in [6.45, 7) is 1.82. The van der Waals surface area contributed by atoms with Gasteiger partial charge in [0.1, 0.15) is 16.9 Å². The van der Waals surface area contributed by atoms with Crippen LogP contribution in [0.2, 0.25) is 5.02 Å². The van der Waals surface area contributed by atoms with Crippen molar-refractivity contribution < 1.29 is 27.2 Å². The van der Waals surface area contributed by atoms with Gasteiger partial charge in [-0.25, -0.2) is 13.2 Å². The Morgan fingerprint density at radius 3 is 2.15 bits per heavy atom. The van der Waals surface area contributed by atoms with Crippen molar-refractivity contribution in [1.82, 2.24) is 0 Å². The van der Waals surface area contributed by atoms with Gasteiger partial charge < -0.3 is 9.15 Å². The summed E-state index contributed by atoms with van der Waals surface area (Å²) in [4.78, 5) is 26.8. The zero-order valence-electron chi connectivity index (χ0n) is 20.7. The van der Waals surface area contributed by atoms with Crippen molar-refractivity contribution in [3.63, 3.8) is 0 Å². The molecule has 0 fully saturated rings. The van der Waals surface area contributed by atoms with Crippen molar-refractivity contribution >= 4 is 50.2 Å². The summed E-state index contributed by atoms with van der Waals surface area (Å²) in [5, 5.41) is 0.707. The standard InChI is InChI=1S/C30H22ClNO6S/c1-2-37-30(34)27-25-19-23(17-18-26(25)38-28(27)20-9-5-3-6-10-20)32(29(33)21-13-15-22(31)16-14-21)39(35,36)24-11-7-4-8-12-24/h3-19H,2H2,1H3. The minimum absolute atomic E-state index is 0.0252. The van der Waals surface area contributed by atoms with Crippen LogP contribution in [0, 0.1) is 0 Å². The van der Waals surface area contributed by atoms with Gasteiger partial charge in [-0.3, -0.25) is 4.79 Å². The number of fused-ring (bicyclic) bond motifs is 1. The van der Waals surface area contributed by atoms with Gasteiger partial charge in [0.25, 0.3) is 15.9 Å². The van der Waals surface area contributed by atoms with Crippen LogP contribution in [0.3, 0.4) is 0 Å². The number of carbonyl (C=O) groups is 2. The molecular formula is C30H22ClNO6S. The number of halogens is 1. The zero-order chi connectivity index (χ0) is 27.6. The van der Waals surface area contributed by atoms with Crippen LogP contribution in [0.4, 0.5) is 5.69 Å². The number of hydrogen-bond donors (Lipinski definition) is 0. The van der Waals surface area contributed by atoms with Crippen LogP contribution in [0.5, 0.6) is 0 Å². The monoisotopic (exact) mass is 559 g/mol. The molecule has 0 aliphatic heterocycles. The van der Waals surface area contributed by atoms with Gasteiger partial charge >= 0.3 is 5.97 Å². The molecular weight excluding hydrogens is 538 g/mol. The summed E-state index contributed by atoms with van der Waals surface area (Å²) < 4.78 is 39.8. The maximum atomic E-state index is 13.9. The number of hydrogen-bond acceptors (Lipinski definition) is 6. The smallest absolute Gasteiger partial charge is 0.342 e. The first-order valence-electron chi connectivity index (χ1n) is 12.0. The van der Waals surface area contributed by atoms with Gasteiger partial charge in [0.15, 0.2) is 0 Å². The number of carbonyl (C=O) groups excluding carboxylic acids is 2. The number of furan rings is 1. The molecule has 0 radical (unpaired) electrons. The summed E-state index contributed by atoms with van der Waals surface area (Å²) in [6, 6.07) is 27.0. The van der Waals surface area contributed by atoms with Crippen LogP contribution in [-0.2, 0) is 14.8 Å². The fourth-order valence-electron chi connectivity index (χ4n) is 4.18. The molecule has 0 atom stereocenters. The molecule has 1 amide bonds. The Hall–Kier alpha value is -4.40. The number of amides is 1. The number of anilines is 1. The number of sulfonamides is 1. The predicted octanol–water partition coefficient (Wildman–Crippen LogP) is 6.97. The Morgan fingerprint density at radius 2 is 1.51 bits per heavy atom. The normalized spacial score (nSPS) is 11.3. The second kappa shape index (κ2) is 10.8. The molecule has 0 spiro atoms. The number of esters is 1. The molecule has 4 aromatic carbocycles. The molecule has 7 nitrogen and oxygen atoms in total. The molecule has 0 N–H and O–H groups in total. The summed E-state index contributed by atoms with van der Waals surface area (Å²) in [6.07, 6.45) is 0. The maximum Gasteiger partial charge on any atom is 0.342 e. The number of benzene rings is 4. The fraction of sp³-hybridized carbons (Fsp3) is 0.0667. The average Bonchev–Trinajstić information content (AvgIpc) is 3.33. The van der Waals surface area contributed by atoms with Crippen molar-refractivity contribution in [2.45, 2.75) is 11.8 Å². The molecule has 39 heavy (non-hydrogen) atoms. The third-order valence-electron chi connectivity index (χ3n) is 5.98. The van der Waals surface area contributed by atoms with E-state index in [1.54, 1.807) is 37.3 Å². The summed E-state index contributed by atoms with van der Waals surface area (Å²) in [7, 11) is -4.36. The van der Waals surface area contributed by atoms with Crippen LogP contribution < -0.4 is 4.31 Å². The molecule has 5 aromatic rings. The molecule has 0 unspecified atom stereocenters. The Morgan fingerprint density at radius 1 is 0.872 bits per heavy atom. The van der Waals surface area contributed by atoms with Crippen molar-refractivity contribution in [2.24, 2.45) is 0 Å². The van der Waals surface area contributed by atoms with E-state index >= 15 is 0 Å². The molecule has 1 aromatic heterocycles. The van der Waals surface area contributed by atoms with Crippen LogP contribution in [-0.4, -0.2) is 26.9 Å². The van der Waals surface area contributed by atoms with Gasteiger partial charge in [0, 0.05) is 21.5 Å². The van der Waals surface area contributed by atoms with Crippen LogP contribution in [0.15, 0.2) is 112 Å². The highest BCUT2D eigenvalue weighted by atomic mass is 35.5. The minimum atomic E-state index is -4.36. The summed E-state index contributed by atoms with van der Waals surface area (Å²) in [5.74, 6) is -1.14. The van der Waals surface area contributed by atoms with Crippen LogP contribution in [0.1, 0.15) is 27.6 Å². The second-order valence-electron chi connectivity index (χ2n) is 8.47. The van der Waals surface area contributed by atoms with E-state index in [9.17, 15) is 18.0 Å². The largest absolute Gasteiger partial charge is 0.462 e.